The molecule has 1 N–H and O–H groups in total. The van der Waals surface area contributed by atoms with Gasteiger partial charge >= 0.3 is 0 Å². The average molecular weight is 269 g/mol. The second-order valence-electron chi connectivity index (χ2n) is 4.38. The molecule has 0 heterocycles. The summed E-state index contributed by atoms with van der Waals surface area (Å²) in [6.45, 7) is 1.95. The maximum atomic E-state index is 12.5. The van der Waals surface area contributed by atoms with Crippen LogP contribution in [0.1, 0.15) is 31.8 Å². The minimum absolute atomic E-state index is 0.188. The molecule has 0 aliphatic carbocycles. The van der Waals surface area contributed by atoms with E-state index in [9.17, 15) is 9.59 Å². The van der Waals surface area contributed by atoms with Crippen LogP contribution < -0.4 is 5.48 Å². The predicted molar refractivity (Wildman–Crippen MR) is 75.5 cm³/mol. The van der Waals surface area contributed by atoms with Crippen molar-refractivity contribution in [2.45, 2.75) is 6.92 Å². The van der Waals surface area contributed by atoms with Gasteiger partial charge in [-0.25, -0.2) is 5.48 Å². The van der Waals surface area contributed by atoms with Crippen molar-refractivity contribution in [3.8, 4) is 0 Å². The maximum absolute atomic E-state index is 12.5. The van der Waals surface area contributed by atoms with E-state index < -0.39 is 5.91 Å². The molecule has 0 radical (unpaired) electrons. The summed E-state index contributed by atoms with van der Waals surface area (Å²) in [6, 6.07) is 13.9. The summed E-state index contributed by atoms with van der Waals surface area (Å²) in [5.74, 6) is -0.629. The van der Waals surface area contributed by atoms with Crippen LogP contribution in [0.2, 0.25) is 0 Å². The van der Waals surface area contributed by atoms with Crippen molar-refractivity contribution in [2.75, 3.05) is 7.11 Å². The number of ketones is 1. The normalized spacial score (nSPS) is 10.1. The molecule has 0 atom stereocenters. The van der Waals surface area contributed by atoms with Crippen LogP contribution in [-0.2, 0) is 4.84 Å². The zero-order valence-electron chi connectivity index (χ0n) is 11.3. The number of hydrogen-bond donors (Lipinski definition) is 1. The molecular formula is C16H15NO3. The van der Waals surface area contributed by atoms with Crippen LogP contribution in [0.15, 0.2) is 48.5 Å². The number of amides is 1. The molecule has 2 aromatic carbocycles. The number of carbonyl (C=O) groups excluding carboxylic acids is 2. The lowest BCUT2D eigenvalue weighted by Gasteiger charge is -2.08. The molecule has 0 unspecified atom stereocenters. The number of benzene rings is 2. The molecule has 0 fully saturated rings. The van der Waals surface area contributed by atoms with Crippen LogP contribution in [-0.4, -0.2) is 18.8 Å². The van der Waals surface area contributed by atoms with Gasteiger partial charge in [0, 0.05) is 11.1 Å². The van der Waals surface area contributed by atoms with Crippen LogP contribution in [0.3, 0.4) is 0 Å². The first-order valence-corrected chi connectivity index (χ1v) is 6.17. The van der Waals surface area contributed by atoms with E-state index in [1.165, 1.54) is 7.11 Å². The van der Waals surface area contributed by atoms with Crippen molar-refractivity contribution in [3.63, 3.8) is 0 Å². The fraction of sp³-hybridized carbons (Fsp3) is 0.125. The molecule has 0 aromatic heterocycles. The Balaban J connectivity index is 2.39. The molecule has 4 nitrogen and oxygen atoms in total. The quantitative estimate of drug-likeness (QED) is 0.685. The van der Waals surface area contributed by atoms with Crippen molar-refractivity contribution in [2.24, 2.45) is 0 Å². The summed E-state index contributed by atoms with van der Waals surface area (Å²) >= 11 is 0. The Morgan fingerprint density at radius 2 is 1.55 bits per heavy atom. The Morgan fingerprint density at radius 1 is 0.950 bits per heavy atom. The smallest absolute Gasteiger partial charge is 0.275 e. The minimum atomic E-state index is -0.441. The molecule has 0 saturated heterocycles. The first kappa shape index (κ1) is 14.0. The summed E-state index contributed by atoms with van der Waals surface area (Å²) in [5, 5.41) is 0. The van der Waals surface area contributed by atoms with Gasteiger partial charge in [0.2, 0.25) is 0 Å². The van der Waals surface area contributed by atoms with Crippen molar-refractivity contribution < 1.29 is 14.4 Å². The predicted octanol–water partition coefficient (Wildman–Crippen LogP) is 2.52. The van der Waals surface area contributed by atoms with Crippen LogP contribution in [0.4, 0.5) is 0 Å². The van der Waals surface area contributed by atoms with Gasteiger partial charge in [-0.1, -0.05) is 48.0 Å². The topological polar surface area (TPSA) is 55.4 Å². The molecule has 0 aliphatic rings. The summed E-state index contributed by atoms with van der Waals surface area (Å²) in [4.78, 5) is 28.9. The molecule has 20 heavy (non-hydrogen) atoms. The Hall–Kier alpha value is -2.46. The largest absolute Gasteiger partial charge is 0.289 e. The molecular weight excluding hydrogens is 254 g/mol. The van der Waals surface area contributed by atoms with E-state index in [1.54, 1.807) is 36.4 Å². The first-order valence-electron chi connectivity index (χ1n) is 6.17. The number of hydroxylamine groups is 1. The standard InChI is InChI=1S/C16H15NO3/c1-11-7-9-12(10-8-11)15(18)13-5-3-4-6-14(13)16(19)17-20-2/h3-10H,1-2H3,(H,17,19). The van der Waals surface area contributed by atoms with Crippen molar-refractivity contribution in [1.29, 1.82) is 0 Å². The number of aryl methyl sites for hydroxylation is 1. The minimum Gasteiger partial charge on any atom is -0.289 e. The van der Waals surface area contributed by atoms with Gasteiger partial charge < -0.3 is 0 Å². The third kappa shape index (κ3) is 2.92. The fourth-order valence-corrected chi connectivity index (χ4v) is 1.89. The number of nitrogens with one attached hydrogen (secondary N) is 1. The molecule has 1 amide bonds. The molecule has 0 bridgehead atoms. The summed E-state index contributed by atoms with van der Waals surface area (Å²) in [7, 11) is 1.35. The molecule has 102 valence electrons. The zero-order chi connectivity index (χ0) is 14.5. The third-order valence-corrected chi connectivity index (χ3v) is 2.92. The molecule has 4 heteroatoms. The van der Waals surface area contributed by atoms with Gasteiger partial charge in [-0.05, 0) is 13.0 Å². The highest BCUT2D eigenvalue weighted by Gasteiger charge is 2.17. The number of carbonyl (C=O) groups is 2. The summed E-state index contributed by atoms with van der Waals surface area (Å²) in [5.41, 5.74) is 4.50. The van der Waals surface area contributed by atoms with E-state index in [2.05, 4.69) is 10.3 Å². The lowest BCUT2D eigenvalue weighted by atomic mass is 9.97. The Morgan fingerprint density at radius 3 is 2.15 bits per heavy atom. The van der Waals surface area contributed by atoms with Gasteiger partial charge in [-0.3, -0.25) is 14.4 Å². The van der Waals surface area contributed by atoms with E-state index in [-0.39, 0.29) is 5.78 Å². The van der Waals surface area contributed by atoms with Gasteiger partial charge in [-0.15, -0.1) is 0 Å². The molecule has 0 spiro atoms. The number of hydrogen-bond acceptors (Lipinski definition) is 3. The van der Waals surface area contributed by atoms with Crippen LogP contribution >= 0.6 is 0 Å². The van der Waals surface area contributed by atoms with E-state index in [4.69, 9.17) is 0 Å². The van der Waals surface area contributed by atoms with E-state index in [0.717, 1.165) is 5.56 Å². The maximum Gasteiger partial charge on any atom is 0.275 e. The Bertz CT molecular complexity index is 632. The van der Waals surface area contributed by atoms with Crippen molar-refractivity contribution in [3.05, 3.63) is 70.8 Å². The van der Waals surface area contributed by atoms with E-state index in [0.29, 0.717) is 16.7 Å². The second kappa shape index (κ2) is 6.12. The van der Waals surface area contributed by atoms with Gasteiger partial charge in [-0.2, -0.15) is 0 Å². The highest BCUT2D eigenvalue weighted by atomic mass is 16.6. The fourth-order valence-electron chi connectivity index (χ4n) is 1.89. The first-order chi connectivity index (χ1) is 9.63. The Labute approximate surface area is 117 Å². The average Bonchev–Trinajstić information content (AvgIpc) is 2.47. The van der Waals surface area contributed by atoms with Gasteiger partial charge in [0.15, 0.2) is 5.78 Å². The lowest BCUT2D eigenvalue weighted by molar-refractivity contribution is 0.0535. The SMILES string of the molecule is CONC(=O)c1ccccc1C(=O)c1ccc(C)cc1. The van der Waals surface area contributed by atoms with Crippen molar-refractivity contribution >= 4 is 11.7 Å². The van der Waals surface area contributed by atoms with Crippen molar-refractivity contribution in [1.82, 2.24) is 5.48 Å². The van der Waals surface area contributed by atoms with Gasteiger partial charge in [0.05, 0.1) is 12.7 Å². The zero-order valence-corrected chi connectivity index (χ0v) is 11.3. The second-order valence-corrected chi connectivity index (χ2v) is 4.38. The van der Waals surface area contributed by atoms with Gasteiger partial charge in [0.1, 0.15) is 0 Å². The highest BCUT2D eigenvalue weighted by molar-refractivity contribution is 6.15. The third-order valence-electron chi connectivity index (χ3n) is 2.92. The Kier molecular flexibility index (Phi) is 4.27. The molecule has 0 aliphatic heterocycles. The van der Waals surface area contributed by atoms with Crippen LogP contribution in [0.25, 0.3) is 0 Å². The van der Waals surface area contributed by atoms with Gasteiger partial charge in [0.25, 0.3) is 5.91 Å². The summed E-state index contributed by atoms with van der Waals surface area (Å²) < 4.78 is 0. The molecule has 2 aromatic rings. The van der Waals surface area contributed by atoms with E-state index in [1.807, 2.05) is 19.1 Å². The molecule has 2 rings (SSSR count). The lowest BCUT2D eigenvalue weighted by Crippen LogP contribution is -2.24. The molecule has 0 saturated carbocycles. The summed E-state index contributed by atoms with van der Waals surface area (Å²) in [6.07, 6.45) is 0. The highest BCUT2D eigenvalue weighted by Crippen LogP contribution is 2.15. The van der Waals surface area contributed by atoms with Crippen LogP contribution in [0.5, 0.6) is 0 Å². The van der Waals surface area contributed by atoms with Crippen LogP contribution in [0, 0.1) is 6.92 Å². The monoisotopic (exact) mass is 269 g/mol. The number of rotatable bonds is 4. The van der Waals surface area contributed by atoms with E-state index >= 15 is 0 Å².